The molecule has 1 saturated heterocycles. The number of amides is 2. The Morgan fingerprint density at radius 1 is 1.12 bits per heavy atom. The Kier molecular flexibility index (Phi) is 7.12. The molecule has 0 unspecified atom stereocenters. The quantitative estimate of drug-likeness (QED) is 0.456. The van der Waals surface area contributed by atoms with Crippen molar-refractivity contribution < 1.29 is 14.3 Å². The molecule has 2 amide bonds. The fourth-order valence-corrected chi connectivity index (χ4v) is 4.07. The highest BCUT2D eigenvalue weighted by Crippen LogP contribution is 2.30. The van der Waals surface area contributed by atoms with Gasteiger partial charge in [0.15, 0.2) is 11.8 Å². The van der Waals surface area contributed by atoms with Crippen molar-refractivity contribution in [2.24, 2.45) is 4.99 Å². The maximum absolute atomic E-state index is 12.3. The minimum Gasteiger partial charge on any atom is -0.484 e. The third-order valence-corrected chi connectivity index (χ3v) is 5.78. The summed E-state index contributed by atoms with van der Waals surface area (Å²) in [5.74, 6) is 0.113. The summed E-state index contributed by atoms with van der Waals surface area (Å²) in [7, 11) is 0. The first kappa shape index (κ1) is 22.6. The van der Waals surface area contributed by atoms with E-state index in [4.69, 9.17) is 16.3 Å². The zero-order valence-corrected chi connectivity index (χ0v) is 19.2. The Hall–Kier alpha value is -3.55. The Morgan fingerprint density at radius 3 is 2.61 bits per heavy atom. The number of halogens is 1. The molecule has 33 heavy (non-hydrogen) atoms. The molecule has 166 valence electrons. The minimum absolute atomic E-state index is 0.0997. The number of nitrogens with one attached hydrogen (secondary N) is 2. The van der Waals surface area contributed by atoms with Crippen LogP contribution in [0, 0.1) is 6.92 Å². The average Bonchev–Trinajstić information content (AvgIpc) is 3.14. The molecular formula is C25H20ClN3O3S. The number of para-hydroxylation sites is 1. The van der Waals surface area contributed by atoms with Gasteiger partial charge >= 0.3 is 0 Å². The van der Waals surface area contributed by atoms with E-state index in [1.165, 1.54) is 11.8 Å². The summed E-state index contributed by atoms with van der Waals surface area (Å²) in [5.41, 5.74) is 3.23. The number of hydrogen-bond acceptors (Lipinski definition) is 5. The maximum Gasteiger partial charge on any atom is 0.264 e. The fourth-order valence-electron chi connectivity index (χ4n) is 3.01. The fraction of sp³-hybridized carbons (Fsp3) is 0.0800. The summed E-state index contributed by atoms with van der Waals surface area (Å²) in [6, 6.07) is 21.8. The van der Waals surface area contributed by atoms with Gasteiger partial charge < -0.3 is 15.4 Å². The van der Waals surface area contributed by atoms with E-state index in [-0.39, 0.29) is 18.4 Å². The van der Waals surface area contributed by atoms with Gasteiger partial charge in [-0.1, -0.05) is 41.9 Å². The summed E-state index contributed by atoms with van der Waals surface area (Å²) >= 11 is 7.26. The predicted molar refractivity (Wildman–Crippen MR) is 134 cm³/mol. The van der Waals surface area contributed by atoms with Crippen molar-refractivity contribution in [1.82, 2.24) is 5.32 Å². The van der Waals surface area contributed by atoms with Gasteiger partial charge in [0, 0.05) is 10.7 Å². The molecule has 0 bridgehead atoms. The van der Waals surface area contributed by atoms with Crippen LogP contribution < -0.4 is 15.4 Å². The van der Waals surface area contributed by atoms with Gasteiger partial charge in [-0.05, 0) is 78.4 Å². The Labute approximate surface area is 200 Å². The molecule has 1 aliphatic heterocycles. The van der Waals surface area contributed by atoms with Crippen LogP contribution in [0.5, 0.6) is 5.75 Å². The molecule has 6 nitrogen and oxygen atoms in total. The average molecular weight is 478 g/mol. The zero-order chi connectivity index (χ0) is 23.2. The van der Waals surface area contributed by atoms with Crippen LogP contribution in [-0.4, -0.2) is 23.6 Å². The van der Waals surface area contributed by atoms with Crippen LogP contribution in [0.15, 0.2) is 82.7 Å². The molecule has 0 radical (unpaired) electrons. The molecule has 2 N–H and O–H groups in total. The second kappa shape index (κ2) is 10.4. The molecule has 0 atom stereocenters. The molecule has 1 aliphatic rings. The van der Waals surface area contributed by atoms with Gasteiger partial charge in [-0.3, -0.25) is 9.59 Å². The molecular weight excluding hydrogens is 458 g/mol. The van der Waals surface area contributed by atoms with E-state index in [9.17, 15) is 9.59 Å². The van der Waals surface area contributed by atoms with E-state index < -0.39 is 0 Å². The lowest BCUT2D eigenvalue weighted by molar-refractivity contribution is -0.118. The van der Waals surface area contributed by atoms with E-state index >= 15 is 0 Å². The number of rotatable bonds is 6. The first-order valence-electron chi connectivity index (χ1n) is 10.1. The van der Waals surface area contributed by atoms with Crippen molar-refractivity contribution >= 4 is 57.8 Å². The highest BCUT2D eigenvalue weighted by molar-refractivity contribution is 8.18. The molecule has 1 heterocycles. The third-order valence-electron chi connectivity index (χ3n) is 4.64. The summed E-state index contributed by atoms with van der Waals surface area (Å²) in [5, 5.41) is 6.71. The molecule has 0 saturated carbocycles. The first-order chi connectivity index (χ1) is 16.0. The number of thioether (sulfide) groups is 1. The predicted octanol–water partition coefficient (Wildman–Crippen LogP) is 5.56. The lowest BCUT2D eigenvalue weighted by atomic mass is 10.2. The summed E-state index contributed by atoms with van der Waals surface area (Å²) < 4.78 is 5.54. The van der Waals surface area contributed by atoms with E-state index in [0.29, 0.717) is 20.8 Å². The maximum atomic E-state index is 12.3. The highest BCUT2D eigenvalue weighted by Gasteiger charge is 2.24. The molecule has 3 aromatic rings. The zero-order valence-electron chi connectivity index (χ0n) is 17.7. The van der Waals surface area contributed by atoms with Gasteiger partial charge in [0.25, 0.3) is 11.8 Å². The van der Waals surface area contributed by atoms with Crippen LogP contribution in [0.2, 0.25) is 5.02 Å². The van der Waals surface area contributed by atoms with E-state index in [0.717, 1.165) is 22.5 Å². The van der Waals surface area contributed by atoms with E-state index in [1.54, 1.807) is 24.3 Å². The number of carbonyl (C=O) groups is 2. The second-order valence-electron chi connectivity index (χ2n) is 7.18. The number of benzene rings is 3. The normalized spacial score (nSPS) is 15.5. The van der Waals surface area contributed by atoms with Gasteiger partial charge in [-0.25, -0.2) is 4.99 Å². The Bertz CT molecular complexity index is 1240. The van der Waals surface area contributed by atoms with Crippen LogP contribution in [-0.2, 0) is 9.59 Å². The van der Waals surface area contributed by atoms with Crippen molar-refractivity contribution in [3.05, 3.63) is 93.9 Å². The molecule has 0 aliphatic carbocycles. The summed E-state index contributed by atoms with van der Waals surface area (Å²) in [4.78, 5) is 29.4. The number of hydrogen-bond donors (Lipinski definition) is 2. The third kappa shape index (κ3) is 6.25. The molecule has 0 aromatic heterocycles. The number of ether oxygens (including phenoxy) is 1. The van der Waals surface area contributed by atoms with Crippen LogP contribution >= 0.6 is 23.4 Å². The number of amidine groups is 1. The Morgan fingerprint density at radius 2 is 1.88 bits per heavy atom. The molecule has 4 rings (SSSR count). The van der Waals surface area contributed by atoms with Crippen LogP contribution in [0.3, 0.4) is 0 Å². The number of aryl methyl sites for hydroxylation is 1. The number of nitrogens with zero attached hydrogens (tertiary/aromatic N) is 1. The lowest BCUT2D eigenvalue weighted by Crippen LogP contribution is -2.20. The SMILES string of the molecule is Cc1cc(Cl)ccc1N=C1NC(=O)/C(=C/c2ccc(OCC(=O)Nc3ccccc3)cc2)S1. The minimum atomic E-state index is -0.242. The summed E-state index contributed by atoms with van der Waals surface area (Å²) in [6.45, 7) is 1.82. The van der Waals surface area contributed by atoms with Crippen molar-refractivity contribution in [2.75, 3.05) is 11.9 Å². The van der Waals surface area contributed by atoms with E-state index in [2.05, 4.69) is 15.6 Å². The van der Waals surface area contributed by atoms with Gasteiger partial charge in [0.05, 0.1) is 10.6 Å². The molecule has 1 fully saturated rings. The number of carbonyl (C=O) groups excluding carboxylic acids is 2. The van der Waals surface area contributed by atoms with Crippen molar-refractivity contribution in [1.29, 1.82) is 0 Å². The lowest BCUT2D eigenvalue weighted by Gasteiger charge is -2.07. The van der Waals surface area contributed by atoms with Crippen LogP contribution in [0.25, 0.3) is 6.08 Å². The Balaban J connectivity index is 1.35. The number of anilines is 1. The van der Waals surface area contributed by atoms with Crippen LogP contribution in [0.4, 0.5) is 11.4 Å². The molecule has 8 heteroatoms. The van der Waals surface area contributed by atoms with Gasteiger partial charge in [-0.15, -0.1) is 0 Å². The first-order valence-corrected chi connectivity index (χ1v) is 11.3. The topological polar surface area (TPSA) is 79.8 Å². The van der Waals surface area contributed by atoms with Crippen molar-refractivity contribution in [3.8, 4) is 5.75 Å². The monoisotopic (exact) mass is 477 g/mol. The van der Waals surface area contributed by atoms with Gasteiger partial charge in [0.1, 0.15) is 5.75 Å². The van der Waals surface area contributed by atoms with Gasteiger partial charge in [0.2, 0.25) is 0 Å². The van der Waals surface area contributed by atoms with Gasteiger partial charge in [-0.2, -0.15) is 0 Å². The van der Waals surface area contributed by atoms with Crippen molar-refractivity contribution in [2.45, 2.75) is 6.92 Å². The highest BCUT2D eigenvalue weighted by atomic mass is 35.5. The standard InChI is InChI=1S/C25H20ClN3O3S/c1-16-13-18(26)9-12-21(16)28-25-29-24(31)22(33-25)14-17-7-10-20(11-8-17)32-15-23(30)27-19-5-3-2-4-6-19/h2-14H,15H2,1H3,(H,27,30)(H,28,29,31)/b22-14-. The largest absolute Gasteiger partial charge is 0.484 e. The van der Waals surface area contributed by atoms with Crippen molar-refractivity contribution in [3.63, 3.8) is 0 Å². The van der Waals surface area contributed by atoms with Crippen LogP contribution in [0.1, 0.15) is 11.1 Å². The molecule has 3 aromatic carbocycles. The van der Waals surface area contributed by atoms with E-state index in [1.807, 2.05) is 61.5 Å². The molecule has 0 spiro atoms. The summed E-state index contributed by atoms with van der Waals surface area (Å²) in [6.07, 6.45) is 1.78. The smallest absolute Gasteiger partial charge is 0.264 e. The second-order valence-corrected chi connectivity index (χ2v) is 8.65. The number of aliphatic imine (C=N–C) groups is 1.